The normalized spacial score (nSPS) is 10.2. The Morgan fingerprint density at radius 1 is 1.04 bits per heavy atom. The van der Waals surface area contributed by atoms with E-state index in [1.165, 1.54) is 19.5 Å². The Bertz CT molecular complexity index is 970. The lowest BCUT2D eigenvalue weighted by Crippen LogP contribution is -2.24. The molecule has 0 fully saturated rings. The van der Waals surface area contributed by atoms with Crippen LogP contribution in [0.15, 0.2) is 60.9 Å². The number of rotatable bonds is 6. The number of ether oxygens (including phenoxy) is 1. The molecule has 0 bridgehead atoms. The highest BCUT2D eigenvalue weighted by Gasteiger charge is 2.09. The fraction of sp³-hybridized carbons (Fsp3) is 0.143. The number of anilines is 2. The minimum atomic E-state index is -0.396. The Balaban J connectivity index is 1.58. The molecule has 142 valence electrons. The van der Waals surface area contributed by atoms with Gasteiger partial charge in [0.15, 0.2) is 0 Å². The highest BCUT2D eigenvalue weighted by molar-refractivity contribution is 5.92. The van der Waals surface area contributed by atoms with Crippen LogP contribution in [0.3, 0.4) is 0 Å². The second-order valence-corrected chi connectivity index (χ2v) is 6.15. The van der Waals surface area contributed by atoms with Crippen LogP contribution >= 0.6 is 0 Å². The molecule has 1 aromatic heterocycles. The highest BCUT2D eigenvalue weighted by atomic mass is 16.5. The number of nitrogens with one attached hydrogen (secondary N) is 2. The molecule has 2 aromatic carbocycles. The molecule has 0 spiro atoms. The third kappa shape index (κ3) is 4.91. The first kappa shape index (κ1) is 19.0. The van der Waals surface area contributed by atoms with Crippen LogP contribution in [0, 0.1) is 6.92 Å². The predicted octanol–water partition coefficient (Wildman–Crippen LogP) is 3.25. The Labute approximate surface area is 162 Å². The standard InChI is InChI=1S/C21H20N4O3/c1-14-4-3-5-15(10-14)11-24-20(26)18-12-23-19(13-22-18)25-17-8-6-16(7-9-17)21(27)28-2/h3-10,12-13H,11H2,1-2H3,(H,23,25)(H,24,26). The molecule has 1 heterocycles. The van der Waals surface area contributed by atoms with Crippen LogP contribution in [0.1, 0.15) is 32.0 Å². The monoisotopic (exact) mass is 376 g/mol. The van der Waals surface area contributed by atoms with Gasteiger partial charge in [0.2, 0.25) is 0 Å². The Morgan fingerprint density at radius 3 is 2.46 bits per heavy atom. The number of methoxy groups -OCH3 is 1. The fourth-order valence-electron chi connectivity index (χ4n) is 2.56. The lowest BCUT2D eigenvalue weighted by molar-refractivity contribution is 0.0600. The summed E-state index contributed by atoms with van der Waals surface area (Å²) in [5.41, 5.74) is 3.59. The van der Waals surface area contributed by atoms with Gasteiger partial charge in [-0.05, 0) is 36.8 Å². The maximum absolute atomic E-state index is 12.2. The van der Waals surface area contributed by atoms with Gasteiger partial charge in [-0.3, -0.25) is 4.79 Å². The van der Waals surface area contributed by atoms with E-state index in [1.807, 2.05) is 31.2 Å². The maximum Gasteiger partial charge on any atom is 0.337 e. The second kappa shape index (κ2) is 8.77. The van der Waals surface area contributed by atoms with Gasteiger partial charge < -0.3 is 15.4 Å². The highest BCUT2D eigenvalue weighted by Crippen LogP contribution is 2.15. The van der Waals surface area contributed by atoms with Gasteiger partial charge in [0, 0.05) is 12.2 Å². The fourth-order valence-corrected chi connectivity index (χ4v) is 2.56. The molecule has 7 heteroatoms. The first-order valence-electron chi connectivity index (χ1n) is 8.66. The van der Waals surface area contributed by atoms with E-state index in [2.05, 4.69) is 25.3 Å². The molecule has 0 aliphatic rings. The molecule has 0 radical (unpaired) electrons. The number of aryl methyl sites for hydroxylation is 1. The molecule has 0 aliphatic carbocycles. The number of aromatic nitrogens is 2. The Morgan fingerprint density at radius 2 is 1.82 bits per heavy atom. The molecule has 3 aromatic rings. The van der Waals surface area contributed by atoms with Crippen LogP contribution in [0.5, 0.6) is 0 Å². The third-order valence-electron chi connectivity index (χ3n) is 4.00. The second-order valence-electron chi connectivity index (χ2n) is 6.15. The molecule has 0 saturated carbocycles. The van der Waals surface area contributed by atoms with E-state index in [-0.39, 0.29) is 11.6 Å². The van der Waals surface area contributed by atoms with Gasteiger partial charge in [-0.25, -0.2) is 14.8 Å². The van der Waals surface area contributed by atoms with Gasteiger partial charge in [0.05, 0.1) is 25.1 Å². The number of benzene rings is 2. The molecular formula is C21H20N4O3. The van der Waals surface area contributed by atoms with Crippen LogP contribution in [-0.4, -0.2) is 29.0 Å². The maximum atomic E-state index is 12.2. The summed E-state index contributed by atoms with van der Waals surface area (Å²) in [4.78, 5) is 32.0. The van der Waals surface area contributed by atoms with Crippen molar-refractivity contribution in [1.29, 1.82) is 0 Å². The van der Waals surface area contributed by atoms with Gasteiger partial charge in [-0.2, -0.15) is 0 Å². The van der Waals surface area contributed by atoms with Gasteiger partial charge in [-0.15, -0.1) is 0 Å². The Hall–Kier alpha value is -3.74. The number of amides is 1. The zero-order chi connectivity index (χ0) is 19.9. The topological polar surface area (TPSA) is 93.2 Å². The van der Waals surface area contributed by atoms with E-state index < -0.39 is 5.97 Å². The lowest BCUT2D eigenvalue weighted by atomic mass is 10.1. The first-order chi connectivity index (χ1) is 13.5. The lowest BCUT2D eigenvalue weighted by Gasteiger charge is -2.08. The zero-order valence-corrected chi connectivity index (χ0v) is 15.6. The molecule has 2 N–H and O–H groups in total. The number of carbonyl (C=O) groups excluding carboxylic acids is 2. The van der Waals surface area contributed by atoms with Crippen LogP contribution in [0.25, 0.3) is 0 Å². The van der Waals surface area contributed by atoms with Crippen molar-refractivity contribution in [2.75, 3.05) is 12.4 Å². The summed E-state index contributed by atoms with van der Waals surface area (Å²) < 4.78 is 4.66. The largest absolute Gasteiger partial charge is 0.465 e. The zero-order valence-electron chi connectivity index (χ0n) is 15.6. The van der Waals surface area contributed by atoms with Gasteiger partial charge >= 0.3 is 5.97 Å². The molecule has 0 atom stereocenters. The number of esters is 1. The summed E-state index contributed by atoms with van der Waals surface area (Å²) in [6.07, 6.45) is 2.90. The smallest absolute Gasteiger partial charge is 0.337 e. The average Bonchev–Trinajstić information content (AvgIpc) is 2.72. The SMILES string of the molecule is COC(=O)c1ccc(Nc2cnc(C(=O)NCc3cccc(C)c3)cn2)cc1. The summed E-state index contributed by atoms with van der Waals surface area (Å²) in [6.45, 7) is 2.43. The van der Waals surface area contributed by atoms with E-state index in [0.29, 0.717) is 17.9 Å². The van der Waals surface area contributed by atoms with E-state index in [1.54, 1.807) is 24.3 Å². The predicted molar refractivity (Wildman–Crippen MR) is 105 cm³/mol. The molecule has 7 nitrogen and oxygen atoms in total. The molecule has 0 aliphatic heterocycles. The number of hydrogen-bond donors (Lipinski definition) is 2. The minimum Gasteiger partial charge on any atom is -0.465 e. The van der Waals surface area contributed by atoms with Gasteiger partial charge in [0.25, 0.3) is 5.91 Å². The van der Waals surface area contributed by atoms with Gasteiger partial charge in [0.1, 0.15) is 11.5 Å². The number of hydrogen-bond acceptors (Lipinski definition) is 6. The van der Waals surface area contributed by atoms with Crippen molar-refractivity contribution in [3.63, 3.8) is 0 Å². The van der Waals surface area contributed by atoms with Crippen molar-refractivity contribution >= 4 is 23.4 Å². The summed E-state index contributed by atoms with van der Waals surface area (Å²) in [6, 6.07) is 14.7. The molecule has 3 rings (SSSR count). The summed E-state index contributed by atoms with van der Waals surface area (Å²) in [5.74, 6) is -0.198. The van der Waals surface area contributed by atoms with Gasteiger partial charge in [-0.1, -0.05) is 29.8 Å². The van der Waals surface area contributed by atoms with E-state index in [0.717, 1.165) is 16.8 Å². The molecule has 1 amide bonds. The van der Waals surface area contributed by atoms with Crippen LogP contribution in [-0.2, 0) is 11.3 Å². The van der Waals surface area contributed by atoms with E-state index >= 15 is 0 Å². The van der Waals surface area contributed by atoms with E-state index in [4.69, 9.17) is 0 Å². The van der Waals surface area contributed by atoms with Crippen LogP contribution in [0.4, 0.5) is 11.5 Å². The quantitative estimate of drug-likeness (QED) is 0.642. The summed E-state index contributed by atoms with van der Waals surface area (Å²) >= 11 is 0. The van der Waals surface area contributed by atoms with Crippen molar-refractivity contribution in [3.05, 3.63) is 83.3 Å². The van der Waals surface area contributed by atoms with Crippen LogP contribution < -0.4 is 10.6 Å². The minimum absolute atomic E-state index is 0.235. The van der Waals surface area contributed by atoms with Crippen molar-refractivity contribution in [2.45, 2.75) is 13.5 Å². The van der Waals surface area contributed by atoms with Crippen LogP contribution in [0.2, 0.25) is 0 Å². The average molecular weight is 376 g/mol. The summed E-state index contributed by atoms with van der Waals surface area (Å²) in [5, 5.41) is 5.89. The molecule has 0 saturated heterocycles. The summed E-state index contributed by atoms with van der Waals surface area (Å²) in [7, 11) is 1.34. The molecule has 28 heavy (non-hydrogen) atoms. The first-order valence-corrected chi connectivity index (χ1v) is 8.66. The van der Waals surface area contributed by atoms with E-state index in [9.17, 15) is 9.59 Å². The Kier molecular flexibility index (Phi) is 5.96. The molecule has 0 unspecified atom stereocenters. The molecular weight excluding hydrogens is 356 g/mol. The number of nitrogens with zero attached hydrogens (tertiary/aromatic N) is 2. The van der Waals surface area contributed by atoms with Crippen molar-refractivity contribution in [1.82, 2.24) is 15.3 Å². The van der Waals surface area contributed by atoms with Crippen molar-refractivity contribution < 1.29 is 14.3 Å². The van der Waals surface area contributed by atoms with Crippen molar-refractivity contribution in [3.8, 4) is 0 Å². The number of carbonyl (C=O) groups is 2. The van der Waals surface area contributed by atoms with Crippen molar-refractivity contribution in [2.24, 2.45) is 0 Å². The third-order valence-corrected chi connectivity index (χ3v) is 4.00.